The second-order valence-electron chi connectivity index (χ2n) is 4.86. The van der Waals surface area contributed by atoms with Crippen molar-refractivity contribution in [1.82, 2.24) is 4.90 Å². The molecule has 3 N–H and O–H groups in total. The number of methoxy groups -OCH3 is 1. The lowest BCUT2D eigenvalue weighted by Crippen LogP contribution is -2.44. The second-order valence-corrected chi connectivity index (χ2v) is 4.86. The van der Waals surface area contributed by atoms with Crippen LogP contribution in [0, 0.1) is 5.92 Å². The van der Waals surface area contributed by atoms with Crippen molar-refractivity contribution in [2.24, 2.45) is 5.92 Å². The molecule has 1 saturated heterocycles. The van der Waals surface area contributed by atoms with E-state index in [1.165, 1.54) is 7.11 Å². The van der Waals surface area contributed by atoms with Gasteiger partial charge in [0.05, 0.1) is 13.0 Å². The molecule has 2 rings (SSSR count). The van der Waals surface area contributed by atoms with E-state index >= 15 is 0 Å². The molecule has 6 heteroatoms. The normalized spacial score (nSPS) is 18.4. The molecule has 6 nitrogen and oxygen atoms in total. The Kier molecular flexibility index (Phi) is 4.45. The van der Waals surface area contributed by atoms with Crippen LogP contribution in [0.4, 0.5) is 16.2 Å². The molecule has 1 unspecified atom stereocenters. The van der Waals surface area contributed by atoms with Gasteiger partial charge in [0.15, 0.2) is 0 Å². The zero-order valence-corrected chi connectivity index (χ0v) is 11.5. The summed E-state index contributed by atoms with van der Waals surface area (Å²) in [6.07, 6.45) is 1.55. The van der Waals surface area contributed by atoms with Crippen LogP contribution in [0.15, 0.2) is 24.3 Å². The van der Waals surface area contributed by atoms with Crippen LogP contribution in [0.2, 0.25) is 0 Å². The molecule has 0 saturated carbocycles. The number of urea groups is 1. The highest BCUT2D eigenvalue weighted by molar-refractivity contribution is 5.90. The fourth-order valence-electron chi connectivity index (χ4n) is 2.34. The van der Waals surface area contributed by atoms with Gasteiger partial charge in [0.1, 0.15) is 0 Å². The van der Waals surface area contributed by atoms with Crippen LogP contribution in [0.25, 0.3) is 0 Å². The van der Waals surface area contributed by atoms with Crippen LogP contribution in [0.5, 0.6) is 0 Å². The Morgan fingerprint density at radius 3 is 2.95 bits per heavy atom. The maximum Gasteiger partial charge on any atom is 0.321 e. The molecule has 0 bridgehead atoms. The van der Waals surface area contributed by atoms with E-state index < -0.39 is 0 Å². The van der Waals surface area contributed by atoms with E-state index in [-0.39, 0.29) is 17.9 Å². The van der Waals surface area contributed by atoms with Crippen molar-refractivity contribution in [2.75, 3.05) is 31.2 Å². The van der Waals surface area contributed by atoms with Gasteiger partial charge in [-0.3, -0.25) is 4.79 Å². The number of nitrogens with one attached hydrogen (secondary N) is 1. The fraction of sp³-hybridized carbons (Fsp3) is 0.429. The number of hydrogen-bond donors (Lipinski definition) is 2. The van der Waals surface area contributed by atoms with Gasteiger partial charge in [-0.2, -0.15) is 0 Å². The maximum atomic E-state index is 12.2. The largest absolute Gasteiger partial charge is 0.469 e. The maximum absolute atomic E-state index is 12.2. The van der Waals surface area contributed by atoms with E-state index in [9.17, 15) is 9.59 Å². The molecule has 1 aliphatic heterocycles. The number of nitrogens with zero attached hydrogens (tertiary/aromatic N) is 1. The number of nitrogens with two attached hydrogens (primary N) is 1. The third-order valence-electron chi connectivity index (χ3n) is 3.38. The topological polar surface area (TPSA) is 84.7 Å². The lowest BCUT2D eigenvalue weighted by molar-refractivity contribution is -0.146. The summed E-state index contributed by atoms with van der Waals surface area (Å²) in [5, 5.41) is 2.78. The molecule has 1 heterocycles. The van der Waals surface area contributed by atoms with Gasteiger partial charge in [-0.05, 0) is 31.0 Å². The molecule has 0 radical (unpaired) electrons. The summed E-state index contributed by atoms with van der Waals surface area (Å²) in [5.74, 6) is -0.494. The number of rotatable bonds is 2. The number of ether oxygens (including phenoxy) is 1. The molecule has 0 aliphatic carbocycles. The van der Waals surface area contributed by atoms with E-state index in [2.05, 4.69) is 5.32 Å². The molecule has 0 aromatic heterocycles. The Morgan fingerprint density at radius 1 is 1.45 bits per heavy atom. The number of esters is 1. The summed E-state index contributed by atoms with van der Waals surface area (Å²) >= 11 is 0. The van der Waals surface area contributed by atoms with Gasteiger partial charge in [-0.15, -0.1) is 0 Å². The Hall–Kier alpha value is -2.24. The summed E-state index contributed by atoms with van der Waals surface area (Å²) in [4.78, 5) is 25.3. The van der Waals surface area contributed by atoms with Gasteiger partial charge >= 0.3 is 12.0 Å². The number of hydrogen-bond acceptors (Lipinski definition) is 4. The van der Waals surface area contributed by atoms with Gasteiger partial charge in [0.25, 0.3) is 0 Å². The van der Waals surface area contributed by atoms with Gasteiger partial charge < -0.3 is 20.7 Å². The first-order valence-electron chi connectivity index (χ1n) is 6.59. The zero-order chi connectivity index (χ0) is 14.5. The molecule has 1 atom stereocenters. The minimum Gasteiger partial charge on any atom is -0.469 e. The standard InChI is InChI=1S/C14H19N3O3/c1-20-13(18)10-4-3-7-17(9-10)14(19)16-12-6-2-5-11(15)8-12/h2,5-6,8,10H,3-4,7,9,15H2,1H3,(H,16,19). The van der Waals surface area contributed by atoms with Crippen molar-refractivity contribution in [2.45, 2.75) is 12.8 Å². The molecule has 20 heavy (non-hydrogen) atoms. The molecule has 0 spiro atoms. The number of amides is 2. The summed E-state index contributed by atoms with van der Waals surface area (Å²) in [5.41, 5.74) is 6.91. The molecule has 1 aromatic rings. The highest BCUT2D eigenvalue weighted by Crippen LogP contribution is 2.19. The highest BCUT2D eigenvalue weighted by atomic mass is 16.5. The van der Waals surface area contributed by atoms with Crippen molar-refractivity contribution in [1.29, 1.82) is 0 Å². The molecule has 1 fully saturated rings. The minimum absolute atomic E-state index is 0.218. The zero-order valence-electron chi connectivity index (χ0n) is 11.5. The number of likely N-dealkylation sites (tertiary alicyclic amines) is 1. The first-order chi connectivity index (χ1) is 9.60. The van der Waals surface area contributed by atoms with Crippen LogP contribution in [-0.2, 0) is 9.53 Å². The SMILES string of the molecule is COC(=O)C1CCCN(C(=O)Nc2cccc(N)c2)C1. The average Bonchev–Trinajstić information content (AvgIpc) is 2.46. The Bertz CT molecular complexity index is 504. The number of anilines is 2. The van der Waals surface area contributed by atoms with Crippen molar-refractivity contribution in [3.63, 3.8) is 0 Å². The fourth-order valence-corrected chi connectivity index (χ4v) is 2.34. The van der Waals surface area contributed by atoms with Gasteiger partial charge in [-0.1, -0.05) is 6.07 Å². The van der Waals surface area contributed by atoms with E-state index in [1.54, 1.807) is 29.2 Å². The van der Waals surface area contributed by atoms with Crippen LogP contribution < -0.4 is 11.1 Å². The molecular formula is C14H19N3O3. The average molecular weight is 277 g/mol. The predicted octanol–water partition coefficient (Wildman–Crippen LogP) is 1.69. The number of piperidine rings is 1. The summed E-state index contributed by atoms with van der Waals surface area (Å²) < 4.78 is 4.74. The van der Waals surface area contributed by atoms with Crippen molar-refractivity contribution < 1.29 is 14.3 Å². The lowest BCUT2D eigenvalue weighted by atomic mass is 9.98. The second kappa shape index (κ2) is 6.27. The van der Waals surface area contributed by atoms with E-state index in [0.29, 0.717) is 24.5 Å². The van der Waals surface area contributed by atoms with Crippen molar-refractivity contribution in [3.8, 4) is 0 Å². The molecule has 108 valence electrons. The smallest absolute Gasteiger partial charge is 0.321 e. The summed E-state index contributed by atoms with van der Waals surface area (Å²) in [6, 6.07) is 6.78. The Morgan fingerprint density at radius 2 is 2.25 bits per heavy atom. The third-order valence-corrected chi connectivity index (χ3v) is 3.38. The van der Waals surface area contributed by atoms with Crippen molar-refractivity contribution >= 4 is 23.4 Å². The predicted molar refractivity (Wildman–Crippen MR) is 76.2 cm³/mol. The van der Waals surface area contributed by atoms with Crippen LogP contribution in [-0.4, -0.2) is 37.1 Å². The minimum atomic E-state index is -0.258. The quantitative estimate of drug-likeness (QED) is 0.636. The van der Waals surface area contributed by atoms with Crippen molar-refractivity contribution in [3.05, 3.63) is 24.3 Å². The molecular weight excluding hydrogens is 258 g/mol. The van der Waals surface area contributed by atoms with Crippen LogP contribution in [0.1, 0.15) is 12.8 Å². The summed E-state index contributed by atoms with van der Waals surface area (Å²) in [7, 11) is 1.37. The summed E-state index contributed by atoms with van der Waals surface area (Å²) in [6.45, 7) is 1.03. The number of carbonyl (C=O) groups is 2. The van der Waals surface area contributed by atoms with Gasteiger partial charge in [-0.25, -0.2) is 4.79 Å². The van der Waals surface area contributed by atoms with Gasteiger partial charge in [0.2, 0.25) is 0 Å². The molecule has 1 aromatic carbocycles. The lowest BCUT2D eigenvalue weighted by Gasteiger charge is -2.31. The van der Waals surface area contributed by atoms with E-state index in [1.807, 2.05) is 0 Å². The molecule has 2 amide bonds. The van der Waals surface area contributed by atoms with E-state index in [4.69, 9.17) is 10.5 Å². The number of benzene rings is 1. The first kappa shape index (κ1) is 14.2. The number of nitrogen functional groups attached to an aromatic ring is 1. The molecule has 1 aliphatic rings. The number of carbonyl (C=O) groups excluding carboxylic acids is 2. The highest BCUT2D eigenvalue weighted by Gasteiger charge is 2.28. The van der Waals surface area contributed by atoms with Gasteiger partial charge in [0, 0.05) is 24.5 Å². The Labute approximate surface area is 117 Å². The monoisotopic (exact) mass is 277 g/mol. The Balaban J connectivity index is 1.97. The third kappa shape index (κ3) is 3.40. The van der Waals surface area contributed by atoms with Crippen LogP contribution >= 0.6 is 0 Å². The van der Waals surface area contributed by atoms with Crippen LogP contribution in [0.3, 0.4) is 0 Å². The van der Waals surface area contributed by atoms with E-state index in [0.717, 1.165) is 12.8 Å². The first-order valence-corrected chi connectivity index (χ1v) is 6.59.